The van der Waals surface area contributed by atoms with Gasteiger partial charge in [-0.05, 0) is 56.0 Å². The van der Waals surface area contributed by atoms with Crippen molar-refractivity contribution in [1.29, 1.82) is 0 Å². The van der Waals surface area contributed by atoms with Gasteiger partial charge in [0.2, 0.25) is 0 Å². The molecule has 1 amide bonds. The Morgan fingerprint density at radius 2 is 1.89 bits per heavy atom. The molecule has 1 aromatic heterocycles. The summed E-state index contributed by atoms with van der Waals surface area (Å²) in [6.45, 7) is 5.29. The molecule has 4 fully saturated rings. The second-order valence-corrected chi connectivity index (χ2v) is 8.22. The van der Waals surface area contributed by atoms with Crippen molar-refractivity contribution in [1.82, 2.24) is 14.8 Å². The SMILES string of the molecule is CCc1cc(C(=O)N2C[C@H](c3ccccc3)[C@@H]3[C@H]2C2CCN3CC2)ccn1. The maximum Gasteiger partial charge on any atom is 0.254 e. The van der Waals surface area contributed by atoms with E-state index < -0.39 is 0 Å². The molecule has 0 unspecified atom stereocenters. The number of pyridine rings is 1. The van der Waals surface area contributed by atoms with Crippen LogP contribution in [0.2, 0.25) is 0 Å². The zero-order chi connectivity index (χ0) is 18.4. The van der Waals surface area contributed by atoms with E-state index in [4.69, 9.17) is 0 Å². The summed E-state index contributed by atoms with van der Waals surface area (Å²) >= 11 is 0. The molecule has 2 bridgehead atoms. The van der Waals surface area contributed by atoms with E-state index in [-0.39, 0.29) is 5.91 Å². The zero-order valence-corrected chi connectivity index (χ0v) is 15.9. The largest absolute Gasteiger partial charge is 0.333 e. The Morgan fingerprint density at radius 3 is 2.63 bits per heavy atom. The normalized spacial score (nSPS) is 31.7. The summed E-state index contributed by atoms with van der Waals surface area (Å²) in [6, 6.07) is 15.5. The van der Waals surface area contributed by atoms with Crippen LogP contribution in [0.1, 0.15) is 47.3 Å². The summed E-state index contributed by atoms with van der Waals surface area (Å²) in [5.74, 6) is 1.25. The number of likely N-dealkylation sites (tertiary alicyclic amines) is 1. The van der Waals surface area contributed by atoms with Crippen LogP contribution in [0, 0.1) is 5.92 Å². The van der Waals surface area contributed by atoms with Crippen molar-refractivity contribution in [3.63, 3.8) is 0 Å². The van der Waals surface area contributed by atoms with Crippen molar-refractivity contribution < 1.29 is 4.79 Å². The molecule has 140 valence electrons. The van der Waals surface area contributed by atoms with Gasteiger partial charge < -0.3 is 4.90 Å². The summed E-state index contributed by atoms with van der Waals surface area (Å²) in [4.78, 5) is 22.7. The van der Waals surface area contributed by atoms with E-state index in [2.05, 4.69) is 52.0 Å². The summed E-state index contributed by atoms with van der Waals surface area (Å²) in [5, 5.41) is 0. The first-order valence-corrected chi connectivity index (χ1v) is 10.3. The van der Waals surface area contributed by atoms with Gasteiger partial charge in [-0.2, -0.15) is 0 Å². The minimum absolute atomic E-state index is 0.189. The second-order valence-electron chi connectivity index (χ2n) is 8.22. The highest BCUT2D eigenvalue weighted by molar-refractivity contribution is 5.95. The summed E-state index contributed by atoms with van der Waals surface area (Å²) in [5.41, 5.74) is 3.16. The lowest BCUT2D eigenvalue weighted by molar-refractivity contribution is -0.00341. The van der Waals surface area contributed by atoms with Crippen LogP contribution in [0.15, 0.2) is 48.7 Å². The number of hydrogen-bond acceptors (Lipinski definition) is 3. The van der Waals surface area contributed by atoms with Gasteiger partial charge in [0.25, 0.3) is 5.91 Å². The van der Waals surface area contributed by atoms with Gasteiger partial charge in [-0.15, -0.1) is 0 Å². The third kappa shape index (κ3) is 2.78. The molecule has 4 aliphatic rings. The van der Waals surface area contributed by atoms with Crippen molar-refractivity contribution in [2.45, 2.75) is 44.2 Å². The van der Waals surface area contributed by atoms with E-state index >= 15 is 0 Å². The fraction of sp³-hybridized carbons (Fsp3) is 0.478. The van der Waals surface area contributed by atoms with Gasteiger partial charge in [-0.25, -0.2) is 0 Å². The van der Waals surface area contributed by atoms with Crippen molar-refractivity contribution >= 4 is 5.91 Å². The highest BCUT2D eigenvalue weighted by Crippen LogP contribution is 2.46. The molecule has 4 heteroatoms. The molecule has 4 aliphatic heterocycles. The molecule has 0 radical (unpaired) electrons. The lowest BCUT2D eigenvalue weighted by Gasteiger charge is -2.51. The molecule has 0 N–H and O–H groups in total. The van der Waals surface area contributed by atoms with E-state index in [0.29, 0.717) is 23.9 Å². The van der Waals surface area contributed by atoms with Crippen LogP contribution >= 0.6 is 0 Å². The molecule has 2 aromatic rings. The van der Waals surface area contributed by atoms with Gasteiger partial charge in [0.05, 0.1) is 6.04 Å². The monoisotopic (exact) mass is 361 g/mol. The molecular weight excluding hydrogens is 334 g/mol. The quantitative estimate of drug-likeness (QED) is 0.841. The van der Waals surface area contributed by atoms with Crippen LogP contribution in [0.4, 0.5) is 0 Å². The minimum atomic E-state index is 0.189. The molecule has 3 atom stereocenters. The van der Waals surface area contributed by atoms with Crippen LogP contribution in [0.3, 0.4) is 0 Å². The lowest BCUT2D eigenvalue weighted by atomic mass is 9.75. The number of aromatic nitrogens is 1. The highest BCUT2D eigenvalue weighted by Gasteiger charge is 2.54. The predicted molar refractivity (Wildman–Crippen MR) is 106 cm³/mol. The Labute approximate surface area is 161 Å². The number of amides is 1. The Kier molecular flexibility index (Phi) is 4.24. The second kappa shape index (κ2) is 6.75. The number of rotatable bonds is 3. The number of benzene rings is 1. The Balaban J connectivity index is 1.51. The fourth-order valence-electron chi connectivity index (χ4n) is 5.62. The first kappa shape index (κ1) is 16.9. The average molecular weight is 361 g/mol. The van der Waals surface area contributed by atoms with Gasteiger partial charge in [-0.3, -0.25) is 14.7 Å². The lowest BCUT2D eigenvalue weighted by Crippen LogP contribution is -2.60. The van der Waals surface area contributed by atoms with Crippen molar-refractivity contribution in [2.75, 3.05) is 19.6 Å². The number of fused-ring (bicyclic) bond motifs is 2. The third-order valence-electron chi connectivity index (χ3n) is 6.91. The highest BCUT2D eigenvalue weighted by atomic mass is 16.2. The molecule has 27 heavy (non-hydrogen) atoms. The number of carbonyl (C=O) groups is 1. The van der Waals surface area contributed by atoms with E-state index in [1.807, 2.05) is 12.1 Å². The molecule has 0 aliphatic carbocycles. The number of aryl methyl sites for hydroxylation is 1. The van der Waals surface area contributed by atoms with E-state index in [1.54, 1.807) is 6.20 Å². The van der Waals surface area contributed by atoms with Crippen LogP contribution in [0.25, 0.3) is 0 Å². The van der Waals surface area contributed by atoms with Crippen molar-refractivity contribution in [3.8, 4) is 0 Å². The Hall–Kier alpha value is -2.20. The van der Waals surface area contributed by atoms with Crippen molar-refractivity contribution in [3.05, 3.63) is 65.5 Å². The van der Waals surface area contributed by atoms with E-state index in [0.717, 1.165) is 24.2 Å². The summed E-state index contributed by atoms with van der Waals surface area (Å²) < 4.78 is 0. The average Bonchev–Trinajstić information content (AvgIpc) is 3.17. The first-order chi connectivity index (χ1) is 13.3. The fourth-order valence-corrected chi connectivity index (χ4v) is 5.62. The van der Waals surface area contributed by atoms with Gasteiger partial charge in [0, 0.05) is 36.0 Å². The maximum atomic E-state index is 13.5. The number of piperidine rings is 3. The standard InChI is InChI=1S/C23H27N3O/c1-2-19-14-18(8-11-24-19)23(27)26-15-20(16-6-4-3-5-7-16)22-21(26)17-9-12-25(22)13-10-17/h3-8,11,14,17,20-22H,2,9-10,12-13,15H2,1H3/t20-,21-,22-/m1/s1. The zero-order valence-electron chi connectivity index (χ0n) is 15.9. The Morgan fingerprint density at radius 1 is 1.11 bits per heavy atom. The Bertz CT molecular complexity index is 829. The maximum absolute atomic E-state index is 13.5. The summed E-state index contributed by atoms with van der Waals surface area (Å²) in [7, 11) is 0. The molecule has 4 nitrogen and oxygen atoms in total. The van der Waals surface area contributed by atoms with Crippen LogP contribution in [-0.4, -0.2) is 52.4 Å². The molecule has 4 saturated heterocycles. The molecule has 6 rings (SSSR count). The van der Waals surface area contributed by atoms with Gasteiger partial charge in [0.15, 0.2) is 0 Å². The predicted octanol–water partition coefficient (Wildman–Crippen LogP) is 3.35. The van der Waals surface area contributed by atoms with Gasteiger partial charge in [-0.1, -0.05) is 37.3 Å². The van der Waals surface area contributed by atoms with Gasteiger partial charge >= 0.3 is 0 Å². The smallest absolute Gasteiger partial charge is 0.254 e. The molecule has 1 aromatic carbocycles. The van der Waals surface area contributed by atoms with E-state index in [1.165, 1.54) is 31.5 Å². The number of hydrogen-bond donors (Lipinski definition) is 0. The van der Waals surface area contributed by atoms with Crippen LogP contribution in [0.5, 0.6) is 0 Å². The van der Waals surface area contributed by atoms with E-state index in [9.17, 15) is 4.79 Å². The first-order valence-electron chi connectivity index (χ1n) is 10.3. The topological polar surface area (TPSA) is 36.4 Å². The molecule has 0 spiro atoms. The minimum Gasteiger partial charge on any atom is -0.333 e. The summed E-state index contributed by atoms with van der Waals surface area (Å²) in [6.07, 6.45) is 5.09. The van der Waals surface area contributed by atoms with Gasteiger partial charge in [0.1, 0.15) is 0 Å². The molecule has 5 heterocycles. The molecule has 0 saturated carbocycles. The van der Waals surface area contributed by atoms with Crippen molar-refractivity contribution in [2.24, 2.45) is 5.92 Å². The number of carbonyl (C=O) groups excluding carboxylic acids is 1. The molecular formula is C23H27N3O. The number of nitrogens with zero attached hydrogens (tertiary/aromatic N) is 3. The van der Waals surface area contributed by atoms with Crippen LogP contribution in [-0.2, 0) is 6.42 Å². The van der Waals surface area contributed by atoms with Crippen LogP contribution < -0.4 is 0 Å². The third-order valence-corrected chi connectivity index (χ3v) is 6.91.